The molecule has 0 heterocycles. The monoisotopic (exact) mass is 293 g/mol. The topological polar surface area (TPSA) is 101 Å². The molecule has 0 saturated heterocycles. The molecule has 0 unspecified atom stereocenters. The highest BCUT2D eigenvalue weighted by molar-refractivity contribution is 7.92. The molecule has 0 aromatic rings. The van der Waals surface area contributed by atoms with Gasteiger partial charge < -0.3 is 10.4 Å². The maximum Gasteiger partial charge on any atom is 0.311 e. The van der Waals surface area contributed by atoms with E-state index in [4.69, 9.17) is 0 Å². The van der Waals surface area contributed by atoms with E-state index in [2.05, 4.69) is 5.32 Å². The van der Waals surface area contributed by atoms with Crippen LogP contribution in [0.25, 0.3) is 0 Å². The van der Waals surface area contributed by atoms with Crippen molar-refractivity contribution < 1.29 is 23.1 Å². The zero-order chi connectivity index (χ0) is 15.5. The van der Waals surface area contributed by atoms with Gasteiger partial charge >= 0.3 is 5.97 Å². The first-order chi connectivity index (χ1) is 8.44. The number of hydrogen-bond donors (Lipinski definition) is 2. The molecule has 0 aliphatic heterocycles. The van der Waals surface area contributed by atoms with E-state index in [1.807, 2.05) is 0 Å². The summed E-state index contributed by atoms with van der Waals surface area (Å²) >= 11 is 0. The lowest BCUT2D eigenvalue weighted by Gasteiger charge is -2.29. The highest BCUT2D eigenvalue weighted by atomic mass is 32.2. The Morgan fingerprint density at radius 1 is 1.16 bits per heavy atom. The van der Waals surface area contributed by atoms with Crippen LogP contribution in [-0.2, 0) is 19.4 Å². The number of nitrogens with one attached hydrogen (secondary N) is 1. The van der Waals surface area contributed by atoms with Gasteiger partial charge in [-0.05, 0) is 26.7 Å². The third-order valence-corrected chi connectivity index (χ3v) is 5.91. The summed E-state index contributed by atoms with van der Waals surface area (Å²) in [5.41, 5.74) is -1.05. The quantitative estimate of drug-likeness (QED) is 0.723. The molecule has 0 aliphatic rings. The number of carbonyl (C=O) groups excluding carboxylic acids is 1. The van der Waals surface area contributed by atoms with E-state index in [0.29, 0.717) is 12.8 Å². The van der Waals surface area contributed by atoms with E-state index >= 15 is 0 Å². The number of rotatable bonds is 7. The minimum Gasteiger partial charge on any atom is -0.481 e. The maximum absolute atomic E-state index is 11.9. The molecule has 0 bridgehead atoms. The second-order valence-corrected chi connectivity index (χ2v) is 7.82. The van der Waals surface area contributed by atoms with Crippen LogP contribution >= 0.6 is 0 Å². The molecule has 19 heavy (non-hydrogen) atoms. The number of hydrogen-bond acceptors (Lipinski definition) is 4. The second kappa shape index (κ2) is 5.90. The van der Waals surface area contributed by atoms with Gasteiger partial charge in [0, 0.05) is 12.8 Å². The summed E-state index contributed by atoms with van der Waals surface area (Å²) in [5, 5.41) is 11.7. The van der Waals surface area contributed by atoms with Gasteiger partial charge in [0.25, 0.3) is 0 Å². The summed E-state index contributed by atoms with van der Waals surface area (Å²) in [5.74, 6) is -1.67. The fraction of sp³-hybridized carbons (Fsp3) is 0.833. The normalized spacial score (nSPS) is 13.1. The van der Waals surface area contributed by atoms with Crippen LogP contribution in [0.15, 0.2) is 0 Å². The Bertz CT molecular complexity index is 449. The van der Waals surface area contributed by atoms with Crippen molar-refractivity contribution >= 4 is 21.7 Å². The number of carboxylic acids is 1. The van der Waals surface area contributed by atoms with Gasteiger partial charge in [-0.3, -0.25) is 9.59 Å². The molecular weight excluding hydrogens is 270 g/mol. The molecule has 0 aromatic carbocycles. The Morgan fingerprint density at radius 2 is 1.58 bits per heavy atom. The standard InChI is InChI=1S/C12H23NO5S/c1-6-12(7-2,10(15)16)8-13-9(14)11(3,4)19(5,17)18/h6-8H2,1-5H3,(H,13,14)(H,15,16). The van der Waals surface area contributed by atoms with Gasteiger partial charge in [-0.2, -0.15) is 0 Å². The van der Waals surface area contributed by atoms with E-state index in [9.17, 15) is 23.1 Å². The van der Waals surface area contributed by atoms with Gasteiger partial charge in [0.05, 0.1) is 5.41 Å². The van der Waals surface area contributed by atoms with Crippen LogP contribution in [0.5, 0.6) is 0 Å². The highest BCUT2D eigenvalue weighted by Gasteiger charge is 2.41. The molecular formula is C12H23NO5S. The molecule has 6 nitrogen and oxygen atoms in total. The number of sulfone groups is 1. The van der Waals surface area contributed by atoms with Gasteiger partial charge in [-0.1, -0.05) is 13.8 Å². The minimum atomic E-state index is -3.56. The lowest BCUT2D eigenvalue weighted by atomic mass is 9.82. The van der Waals surface area contributed by atoms with E-state index in [1.165, 1.54) is 13.8 Å². The maximum atomic E-state index is 11.9. The molecule has 7 heteroatoms. The number of aliphatic carboxylic acids is 1. The number of carbonyl (C=O) groups is 2. The molecule has 1 amide bonds. The van der Waals surface area contributed by atoms with Gasteiger partial charge in [-0.15, -0.1) is 0 Å². The van der Waals surface area contributed by atoms with Gasteiger partial charge in [0.15, 0.2) is 9.84 Å². The lowest BCUT2D eigenvalue weighted by Crippen LogP contribution is -2.51. The second-order valence-electron chi connectivity index (χ2n) is 5.26. The average Bonchev–Trinajstić information content (AvgIpc) is 2.28. The van der Waals surface area contributed by atoms with Crippen LogP contribution in [0.1, 0.15) is 40.5 Å². The lowest BCUT2D eigenvalue weighted by molar-refractivity contribution is -0.149. The summed E-state index contributed by atoms with van der Waals surface area (Å²) in [6.45, 7) is 5.99. The minimum absolute atomic E-state index is 0.0763. The van der Waals surface area contributed by atoms with Crippen molar-refractivity contribution in [2.75, 3.05) is 12.8 Å². The van der Waals surface area contributed by atoms with Crippen LogP contribution in [0.3, 0.4) is 0 Å². The van der Waals surface area contributed by atoms with Crippen molar-refractivity contribution in [2.45, 2.75) is 45.3 Å². The molecule has 0 rings (SSSR count). The SMILES string of the molecule is CCC(CC)(CNC(=O)C(C)(C)S(C)(=O)=O)C(=O)O. The molecule has 0 aromatic heterocycles. The summed E-state index contributed by atoms with van der Waals surface area (Å²) in [6.07, 6.45) is 1.70. The molecule has 0 aliphatic carbocycles. The van der Waals surface area contributed by atoms with Crippen molar-refractivity contribution in [1.29, 1.82) is 0 Å². The largest absolute Gasteiger partial charge is 0.481 e. The zero-order valence-electron chi connectivity index (χ0n) is 12.1. The van der Waals surface area contributed by atoms with Crippen molar-refractivity contribution in [2.24, 2.45) is 5.41 Å². The Morgan fingerprint density at radius 3 is 1.84 bits per heavy atom. The molecule has 0 saturated carbocycles. The first-order valence-electron chi connectivity index (χ1n) is 6.16. The first-order valence-corrected chi connectivity index (χ1v) is 8.05. The smallest absolute Gasteiger partial charge is 0.311 e. The van der Waals surface area contributed by atoms with Crippen LogP contribution in [0, 0.1) is 5.41 Å². The Hall–Kier alpha value is -1.11. The van der Waals surface area contributed by atoms with Crippen LogP contribution in [0.2, 0.25) is 0 Å². The van der Waals surface area contributed by atoms with E-state index in [0.717, 1.165) is 6.26 Å². The van der Waals surface area contributed by atoms with E-state index in [-0.39, 0.29) is 6.54 Å². The summed E-state index contributed by atoms with van der Waals surface area (Å²) in [7, 11) is -3.56. The van der Waals surface area contributed by atoms with Crippen molar-refractivity contribution in [3.8, 4) is 0 Å². The summed E-state index contributed by atoms with van der Waals surface area (Å²) in [4.78, 5) is 23.2. The van der Waals surface area contributed by atoms with Crippen LogP contribution in [-0.4, -0.2) is 42.9 Å². The van der Waals surface area contributed by atoms with Crippen molar-refractivity contribution in [1.82, 2.24) is 5.32 Å². The number of carboxylic acid groups (broad SMARTS) is 1. The average molecular weight is 293 g/mol. The summed E-state index contributed by atoms with van der Waals surface area (Å²) < 4.78 is 21.5. The van der Waals surface area contributed by atoms with Crippen molar-refractivity contribution in [3.63, 3.8) is 0 Å². The molecule has 0 fully saturated rings. The predicted molar refractivity (Wildman–Crippen MR) is 72.6 cm³/mol. The Balaban J connectivity index is 5.01. The number of amides is 1. The first kappa shape index (κ1) is 17.9. The van der Waals surface area contributed by atoms with Crippen LogP contribution < -0.4 is 5.32 Å². The molecule has 0 spiro atoms. The summed E-state index contributed by atoms with van der Waals surface area (Å²) in [6, 6.07) is 0. The molecule has 0 atom stereocenters. The molecule has 112 valence electrons. The van der Waals surface area contributed by atoms with Gasteiger partial charge in [-0.25, -0.2) is 8.42 Å². The Kier molecular flexibility index (Phi) is 5.55. The van der Waals surface area contributed by atoms with Crippen molar-refractivity contribution in [3.05, 3.63) is 0 Å². The highest BCUT2D eigenvalue weighted by Crippen LogP contribution is 2.26. The third kappa shape index (κ3) is 3.68. The van der Waals surface area contributed by atoms with Gasteiger partial charge in [0.1, 0.15) is 4.75 Å². The van der Waals surface area contributed by atoms with Gasteiger partial charge in [0.2, 0.25) is 5.91 Å². The van der Waals surface area contributed by atoms with Crippen LogP contribution in [0.4, 0.5) is 0 Å². The predicted octanol–water partition coefficient (Wildman–Crippen LogP) is 0.817. The zero-order valence-corrected chi connectivity index (χ0v) is 12.9. The fourth-order valence-corrected chi connectivity index (χ4v) is 1.92. The molecule has 0 radical (unpaired) electrons. The fourth-order valence-electron chi connectivity index (χ4n) is 1.51. The Labute approximate surface area is 114 Å². The van der Waals surface area contributed by atoms with E-state index in [1.54, 1.807) is 13.8 Å². The molecule has 2 N–H and O–H groups in total. The third-order valence-electron chi connectivity index (χ3n) is 3.87. The van der Waals surface area contributed by atoms with E-state index < -0.39 is 31.9 Å².